The molecule has 1 amide bonds. The average Bonchev–Trinajstić information content (AvgIpc) is 3.06. The third-order valence-corrected chi connectivity index (χ3v) is 5.80. The van der Waals surface area contributed by atoms with Crippen molar-refractivity contribution < 1.29 is 4.79 Å². The number of likely N-dealkylation sites (N-methyl/N-ethyl adjacent to an activating group) is 1. The first kappa shape index (κ1) is 17.1. The summed E-state index contributed by atoms with van der Waals surface area (Å²) in [6.07, 6.45) is 5.93. The predicted octanol–water partition coefficient (Wildman–Crippen LogP) is 3.58. The minimum absolute atomic E-state index is 0.201. The number of rotatable bonds is 5. The fourth-order valence-corrected chi connectivity index (χ4v) is 4.29. The summed E-state index contributed by atoms with van der Waals surface area (Å²) in [5.74, 6) is 0.201. The van der Waals surface area contributed by atoms with Crippen molar-refractivity contribution in [2.45, 2.75) is 39.3 Å². The largest absolute Gasteiger partial charge is 0.336 e. The Kier molecular flexibility index (Phi) is 5.63. The van der Waals surface area contributed by atoms with Gasteiger partial charge in [0.25, 0.3) is 5.91 Å². The van der Waals surface area contributed by atoms with Crippen molar-refractivity contribution in [3.05, 3.63) is 52.0 Å². The fourth-order valence-electron chi connectivity index (χ4n) is 3.39. The van der Waals surface area contributed by atoms with Gasteiger partial charge in [0.15, 0.2) is 0 Å². The van der Waals surface area contributed by atoms with Gasteiger partial charge in [0.2, 0.25) is 0 Å². The maximum Gasteiger partial charge on any atom is 0.264 e. The third-order valence-electron chi connectivity index (χ3n) is 4.80. The Morgan fingerprint density at radius 2 is 2.17 bits per heavy atom. The molecule has 2 aromatic heterocycles. The molecular weight excluding hydrogens is 318 g/mol. The molecule has 0 aromatic carbocycles. The molecule has 0 spiro atoms. The number of hydrogen-bond acceptors (Lipinski definition) is 4. The van der Waals surface area contributed by atoms with Crippen LogP contribution in [-0.2, 0) is 6.54 Å². The zero-order valence-electron chi connectivity index (χ0n) is 14.4. The van der Waals surface area contributed by atoms with Crippen molar-refractivity contribution in [1.29, 1.82) is 0 Å². The van der Waals surface area contributed by atoms with Gasteiger partial charge in [-0.3, -0.25) is 14.7 Å². The lowest BCUT2D eigenvalue weighted by atomic mass is 10.0. The molecule has 1 aliphatic heterocycles. The van der Waals surface area contributed by atoms with E-state index >= 15 is 0 Å². The Morgan fingerprint density at radius 3 is 2.83 bits per heavy atom. The first-order valence-electron chi connectivity index (χ1n) is 8.65. The normalized spacial score (nSPS) is 18.1. The summed E-state index contributed by atoms with van der Waals surface area (Å²) in [6, 6.07) is 6.61. The first-order chi connectivity index (χ1) is 11.7. The Morgan fingerprint density at radius 1 is 1.38 bits per heavy atom. The summed E-state index contributed by atoms with van der Waals surface area (Å²) < 4.78 is 0. The van der Waals surface area contributed by atoms with E-state index in [0.717, 1.165) is 49.5 Å². The Labute approximate surface area is 148 Å². The lowest BCUT2D eigenvalue weighted by Gasteiger charge is -2.39. The van der Waals surface area contributed by atoms with Gasteiger partial charge in [-0.05, 0) is 61.0 Å². The van der Waals surface area contributed by atoms with Gasteiger partial charge in [-0.1, -0.05) is 6.92 Å². The second-order valence-electron chi connectivity index (χ2n) is 6.40. The van der Waals surface area contributed by atoms with Gasteiger partial charge in [-0.2, -0.15) is 0 Å². The molecule has 0 aliphatic carbocycles. The van der Waals surface area contributed by atoms with Crippen LogP contribution in [-0.4, -0.2) is 46.4 Å². The van der Waals surface area contributed by atoms with E-state index in [1.165, 1.54) is 5.56 Å². The second-order valence-corrected chi connectivity index (χ2v) is 7.31. The molecule has 0 saturated carbocycles. The first-order valence-corrected chi connectivity index (χ1v) is 9.53. The highest BCUT2D eigenvalue weighted by Crippen LogP contribution is 2.23. The van der Waals surface area contributed by atoms with Crippen molar-refractivity contribution >= 4 is 17.2 Å². The number of aromatic nitrogens is 1. The van der Waals surface area contributed by atoms with E-state index in [1.54, 1.807) is 11.3 Å². The van der Waals surface area contributed by atoms with Gasteiger partial charge in [0, 0.05) is 38.1 Å². The molecule has 4 nitrogen and oxygen atoms in total. The van der Waals surface area contributed by atoms with E-state index in [1.807, 2.05) is 35.7 Å². The van der Waals surface area contributed by atoms with Gasteiger partial charge in [-0.15, -0.1) is 11.3 Å². The summed E-state index contributed by atoms with van der Waals surface area (Å²) in [5, 5.41) is 2.01. The second kappa shape index (κ2) is 7.90. The highest BCUT2D eigenvalue weighted by Gasteiger charge is 2.28. The minimum atomic E-state index is 0.201. The molecule has 3 heterocycles. The number of hydrogen-bond donors (Lipinski definition) is 0. The number of pyridine rings is 1. The molecule has 0 bridgehead atoms. The molecule has 3 rings (SSSR count). The van der Waals surface area contributed by atoms with Crippen LogP contribution in [0.15, 0.2) is 36.0 Å². The zero-order chi connectivity index (χ0) is 16.9. The number of amides is 1. The number of nitrogens with zero attached hydrogens (tertiary/aromatic N) is 3. The van der Waals surface area contributed by atoms with Gasteiger partial charge < -0.3 is 4.90 Å². The Balaban J connectivity index is 1.67. The molecule has 1 saturated heterocycles. The zero-order valence-corrected chi connectivity index (χ0v) is 15.3. The van der Waals surface area contributed by atoms with Crippen LogP contribution < -0.4 is 0 Å². The molecule has 128 valence electrons. The fraction of sp³-hybridized carbons (Fsp3) is 0.474. The highest BCUT2D eigenvalue weighted by molar-refractivity contribution is 7.12. The van der Waals surface area contributed by atoms with Crippen LogP contribution in [0.4, 0.5) is 0 Å². The summed E-state index contributed by atoms with van der Waals surface area (Å²) in [4.78, 5) is 22.3. The summed E-state index contributed by atoms with van der Waals surface area (Å²) in [7, 11) is 0. The van der Waals surface area contributed by atoms with Crippen molar-refractivity contribution in [2.75, 3.05) is 19.6 Å². The lowest BCUT2D eigenvalue weighted by Crippen LogP contribution is -2.49. The number of aryl methyl sites for hydroxylation is 1. The SMILES string of the molecule is CCN(Cc1ccncc1)C1CCCN(C(=O)c2sccc2C)C1. The molecule has 0 N–H and O–H groups in total. The predicted molar refractivity (Wildman–Crippen MR) is 98.3 cm³/mol. The summed E-state index contributed by atoms with van der Waals surface area (Å²) in [5.41, 5.74) is 2.38. The van der Waals surface area contributed by atoms with Gasteiger partial charge >= 0.3 is 0 Å². The summed E-state index contributed by atoms with van der Waals surface area (Å²) >= 11 is 1.56. The summed E-state index contributed by atoms with van der Waals surface area (Å²) in [6.45, 7) is 7.84. The van der Waals surface area contributed by atoms with Gasteiger partial charge in [-0.25, -0.2) is 0 Å². The smallest absolute Gasteiger partial charge is 0.264 e. The van der Waals surface area contributed by atoms with Gasteiger partial charge in [0.1, 0.15) is 0 Å². The molecule has 5 heteroatoms. The number of carbonyl (C=O) groups is 1. The number of thiophene rings is 1. The van der Waals surface area contributed by atoms with Crippen molar-refractivity contribution in [3.63, 3.8) is 0 Å². The van der Waals surface area contributed by atoms with E-state index in [2.05, 4.69) is 28.9 Å². The van der Waals surface area contributed by atoms with Gasteiger partial charge in [0.05, 0.1) is 4.88 Å². The average molecular weight is 343 g/mol. The van der Waals surface area contributed by atoms with Crippen LogP contribution in [0.1, 0.15) is 40.6 Å². The molecule has 2 aromatic rings. The Bertz CT molecular complexity index is 670. The topological polar surface area (TPSA) is 36.4 Å². The van der Waals surface area contributed by atoms with E-state index in [9.17, 15) is 4.79 Å². The van der Waals surface area contributed by atoms with Crippen LogP contribution in [0, 0.1) is 6.92 Å². The molecule has 24 heavy (non-hydrogen) atoms. The van der Waals surface area contributed by atoms with Crippen molar-refractivity contribution in [3.8, 4) is 0 Å². The van der Waals surface area contributed by atoms with E-state index in [-0.39, 0.29) is 5.91 Å². The molecule has 1 unspecified atom stereocenters. The van der Waals surface area contributed by atoms with E-state index < -0.39 is 0 Å². The van der Waals surface area contributed by atoms with Crippen LogP contribution in [0.5, 0.6) is 0 Å². The van der Waals surface area contributed by atoms with Crippen LogP contribution in [0.25, 0.3) is 0 Å². The molecule has 1 aliphatic rings. The highest BCUT2D eigenvalue weighted by atomic mass is 32.1. The van der Waals surface area contributed by atoms with Crippen molar-refractivity contribution in [2.24, 2.45) is 0 Å². The van der Waals surface area contributed by atoms with Crippen LogP contribution in [0.3, 0.4) is 0 Å². The standard InChI is InChI=1S/C19H25N3OS/c1-3-21(13-16-6-9-20-10-7-16)17-5-4-11-22(14-17)19(23)18-15(2)8-12-24-18/h6-10,12,17H,3-5,11,13-14H2,1-2H3. The third kappa shape index (κ3) is 3.84. The van der Waals surface area contributed by atoms with E-state index in [0.29, 0.717) is 6.04 Å². The molecule has 1 fully saturated rings. The van der Waals surface area contributed by atoms with E-state index in [4.69, 9.17) is 0 Å². The number of carbonyl (C=O) groups excluding carboxylic acids is 1. The number of likely N-dealkylation sites (tertiary alicyclic amines) is 1. The maximum absolute atomic E-state index is 12.8. The molecule has 1 atom stereocenters. The number of piperidine rings is 1. The lowest BCUT2D eigenvalue weighted by molar-refractivity contribution is 0.0573. The van der Waals surface area contributed by atoms with Crippen LogP contribution >= 0.6 is 11.3 Å². The monoisotopic (exact) mass is 343 g/mol. The quantitative estimate of drug-likeness (QED) is 0.832. The molecular formula is C19H25N3OS. The minimum Gasteiger partial charge on any atom is -0.336 e. The van der Waals surface area contributed by atoms with Crippen LogP contribution in [0.2, 0.25) is 0 Å². The molecule has 0 radical (unpaired) electrons. The Hall–Kier alpha value is -1.72. The maximum atomic E-state index is 12.8. The van der Waals surface area contributed by atoms with Crippen molar-refractivity contribution in [1.82, 2.24) is 14.8 Å².